The first-order valence-electron chi connectivity index (χ1n) is 7.84. The van der Waals surface area contributed by atoms with Gasteiger partial charge in [0.1, 0.15) is 0 Å². The lowest BCUT2D eigenvalue weighted by Gasteiger charge is -2.19. The second-order valence-corrected chi connectivity index (χ2v) is 7.55. The number of amides is 2. The normalized spacial score (nSPS) is 11.4. The molecule has 0 unspecified atom stereocenters. The van der Waals surface area contributed by atoms with Gasteiger partial charge in [-0.1, -0.05) is 0 Å². The minimum atomic E-state index is -3.37. The number of hydrogen-bond acceptors (Lipinski definition) is 5. The summed E-state index contributed by atoms with van der Waals surface area (Å²) in [5.74, 6) is -0.459. The Morgan fingerprint density at radius 3 is 2.12 bits per heavy atom. The van der Waals surface area contributed by atoms with Gasteiger partial charge in [0.15, 0.2) is 0 Å². The van der Waals surface area contributed by atoms with Crippen molar-refractivity contribution in [1.29, 1.82) is 0 Å². The zero-order valence-corrected chi connectivity index (χ0v) is 15.6. The third kappa shape index (κ3) is 8.62. The molecule has 0 saturated carbocycles. The molecule has 0 radical (unpaired) electrons. The van der Waals surface area contributed by atoms with Crippen molar-refractivity contribution in [1.82, 2.24) is 4.31 Å². The Bertz CT molecular complexity index is 674. The van der Waals surface area contributed by atoms with E-state index < -0.39 is 10.0 Å². The minimum Gasteiger partial charge on any atom is -0.385 e. The molecule has 0 fully saturated rings. The van der Waals surface area contributed by atoms with E-state index >= 15 is 0 Å². The predicted molar refractivity (Wildman–Crippen MR) is 96.9 cm³/mol. The van der Waals surface area contributed by atoms with E-state index in [0.29, 0.717) is 30.9 Å². The number of anilines is 2. The van der Waals surface area contributed by atoms with Crippen molar-refractivity contribution >= 4 is 33.2 Å². The lowest BCUT2D eigenvalue weighted by molar-refractivity contribution is -0.116. The molecule has 2 amide bonds. The van der Waals surface area contributed by atoms with Gasteiger partial charge in [0.25, 0.3) is 0 Å². The Labute approximate surface area is 148 Å². The average molecular weight is 371 g/mol. The number of nitrogens with one attached hydrogen (secondary N) is 2. The van der Waals surface area contributed by atoms with E-state index in [-0.39, 0.29) is 24.8 Å². The van der Waals surface area contributed by atoms with Crippen LogP contribution in [0, 0.1) is 0 Å². The van der Waals surface area contributed by atoms with Crippen LogP contribution in [0.2, 0.25) is 0 Å². The maximum atomic E-state index is 12.0. The van der Waals surface area contributed by atoms with Gasteiger partial charge in [0, 0.05) is 51.5 Å². The number of carbonyl (C=O) groups excluding carboxylic acids is 2. The summed E-state index contributed by atoms with van der Waals surface area (Å²) in [5, 5.41) is 5.33. The number of hydrogen-bond donors (Lipinski definition) is 2. The molecule has 1 aromatic rings. The van der Waals surface area contributed by atoms with Gasteiger partial charge in [-0.25, -0.2) is 12.7 Å². The quantitative estimate of drug-likeness (QED) is 0.603. The molecular weight excluding hydrogens is 346 g/mol. The SMILES string of the molecule is COCCCN(CCC(=O)Nc1ccc(NC(C)=O)cc1)S(C)(=O)=O. The van der Waals surface area contributed by atoms with Gasteiger partial charge >= 0.3 is 0 Å². The van der Waals surface area contributed by atoms with Crippen molar-refractivity contribution in [3.05, 3.63) is 24.3 Å². The highest BCUT2D eigenvalue weighted by atomic mass is 32.2. The standard InChI is InChI=1S/C16H25N3O5S/c1-13(20)17-14-5-7-15(8-6-14)18-16(21)9-11-19(25(3,22)23)10-4-12-24-2/h5-8H,4,9-12H2,1-3H3,(H,17,20)(H,18,21). The number of methoxy groups -OCH3 is 1. The van der Waals surface area contributed by atoms with Gasteiger partial charge in [0.2, 0.25) is 21.8 Å². The Morgan fingerprint density at radius 2 is 1.64 bits per heavy atom. The summed E-state index contributed by atoms with van der Waals surface area (Å²) in [7, 11) is -1.82. The van der Waals surface area contributed by atoms with Crippen LogP contribution in [0.25, 0.3) is 0 Å². The largest absolute Gasteiger partial charge is 0.385 e. The van der Waals surface area contributed by atoms with Crippen molar-refractivity contribution in [2.75, 3.05) is 43.7 Å². The number of ether oxygens (including phenoxy) is 1. The van der Waals surface area contributed by atoms with Crippen molar-refractivity contribution in [2.24, 2.45) is 0 Å². The number of sulfonamides is 1. The fourth-order valence-corrected chi connectivity index (χ4v) is 3.00. The zero-order chi connectivity index (χ0) is 18.9. The smallest absolute Gasteiger partial charge is 0.225 e. The first-order chi connectivity index (χ1) is 11.7. The topological polar surface area (TPSA) is 105 Å². The van der Waals surface area contributed by atoms with Crippen molar-refractivity contribution in [2.45, 2.75) is 19.8 Å². The highest BCUT2D eigenvalue weighted by Crippen LogP contribution is 2.14. The van der Waals surface area contributed by atoms with E-state index in [0.717, 1.165) is 6.26 Å². The summed E-state index contributed by atoms with van der Waals surface area (Å²) in [4.78, 5) is 23.0. The average Bonchev–Trinajstić information content (AvgIpc) is 2.51. The Balaban J connectivity index is 2.52. The summed E-state index contributed by atoms with van der Waals surface area (Å²) in [6, 6.07) is 6.67. The monoisotopic (exact) mass is 371 g/mol. The van der Waals surface area contributed by atoms with E-state index in [1.54, 1.807) is 31.4 Å². The van der Waals surface area contributed by atoms with Crippen LogP contribution in [0.3, 0.4) is 0 Å². The Hall–Kier alpha value is -1.97. The molecule has 8 nitrogen and oxygen atoms in total. The lowest BCUT2D eigenvalue weighted by Crippen LogP contribution is -2.34. The molecule has 0 saturated heterocycles. The van der Waals surface area contributed by atoms with E-state index in [9.17, 15) is 18.0 Å². The van der Waals surface area contributed by atoms with Gasteiger partial charge in [-0.2, -0.15) is 0 Å². The molecule has 9 heteroatoms. The third-order valence-corrected chi connectivity index (χ3v) is 4.61. The maximum absolute atomic E-state index is 12.0. The number of nitrogens with zero attached hydrogens (tertiary/aromatic N) is 1. The first kappa shape index (κ1) is 21.1. The van der Waals surface area contributed by atoms with Crippen LogP contribution in [0.1, 0.15) is 19.8 Å². The molecule has 0 spiro atoms. The van der Waals surface area contributed by atoms with Crippen LogP contribution >= 0.6 is 0 Å². The van der Waals surface area contributed by atoms with Crippen LogP contribution in [0.15, 0.2) is 24.3 Å². The maximum Gasteiger partial charge on any atom is 0.225 e. The molecule has 0 aromatic heterocycles. The highest BCUT2D eigenvalue weighted by Gasteiger charge is 2.17. The molecule has 0 aliphatic heterocycles. The number of carbonyl (C=O) groups is 2. The summed E-state index contributed by atoms with van der Waals surface area (Å²) >= 11 is 0. The molecule has 2 N–H and O–H groups in total. The molecule has 0 heterocycles. The molecule has 140 valence electrons. The lowest BCUT2D eigenvalue weighted by atomic mass is 10.2. The molecule has 0 bridgehead atoms. The fourth-order valence-electron chi connectivity index (χ4n) is 2.12. The van der Waals surface area contributed by atoms with Gasteiger partial charge in [-0.15, -0.1) is 0 Å². The van der Waals surface area contributed by atoms with Gasteiger partial charge in [-0.05, 0) is 30.7 Å². The summed E-state index contributed by atoms with van der Waals surface area (Å²) < 4.78 is 29.7. The molecule has 1 rings (SSSR count). The van der Waals surface area contributed by atoms with E-state index in [1.165, 1.54) is 11.2 Å². The van der Waals surface area contributed by atoms with Crippen LogP contribution in [0.5, 0.6) is 0 Å². The second-order valence-electron chi connectivity index (χ2n) is 5.57. The molecule has 0 aliphatic rings. The minimum absolute atomic E-state index is 0.0491. The van der Waals surface area contributed by atoms with E-state index in [2.05, 4.69) is 10.6 Å². The summed E-state index contributed by atoms with van der Waals surface area (Å²) in [6.07, 6.45) is 1.74. The van der Waals surface area contributed by atoms with Gasteiger partial charge < -0.3 is 15.4 Å². The van der Waals surface area contributed by atoms with Gasteiger partial charge in [-0.3, -0.25) is 9.59 Å². The molecule has 0 aliphatic carbocycles. The van der Waals surface area contributed by atoms with Crippen molar-refractivity contribution in [3.8, 4) is 0 Å². The molecular formula is C16H25N3O5S. The van der Waals surface area contributed by atoms with Crippen molar-refractivity contribution < 1.29 is 22.7 Å². The molecule has 1 aromatic carbocycles. The summed E-state index contributed by atoms with van der Waals surface area (Å²) in [5.41, 5.74) is 1.20. The predicted octanol–water partition coefficient (Wildman–Crippen LogP) is 1.27. The Kier molecular flexibility index (Phi) is 8.53. The number of rotatable bonds is 10. The van der Waals surface area contributed by atoms with Crippen LogP contribution in [-0.2, 0) is 24.3 Å². The summed E-state index contributed by atoms with van der Waals surface area (Å²) in [6.45, 7) is 2.29. The van der Waals surface area contributed by atoms with E-state index in [1.807, 2.05) is 0 Å². The highest BCUT2D eigenvalue weighted by molar-refractivity contribution is 7.88. The Morgan fingerprint density at radius 1 is 1.08 bits per heavy atom. The van der Waals surface area contributed by atoms with Crippen LogP contribution < -0.4 is 10.6 Å². The van der Waals surface area contributed by atoms with Crippen molar-refractivity contribution in [3.63, 3.8) is 0 Å². The fraction of sp³-hybridized carbons (Fsp3) is 0.500. The van der Waals surface area contributed by atoms with Crippen LogP contribution in [-0.4, -0.2) is 57.6 Å². The molecule has 25 heavy (non-hydrogen) atoms. The molecule has 0 atom stereocenters. The third-order valence-electron chi connectivity index (χ3n) is 3.30. The van der Waals surface area contributed by atoms with Gasteiger partial charge in [0.05, 0.1) is 6.26 Å². The number of benzene rings is 1. The second kappa shape index (κ2) is 10.1. The first-order valence-corrected chi connectivity index (χ1v) is 9.69. The van der Waals surface area contributed by atoms with E-state index in [4.69, 9.17) is 4.74 Å². The van der Waals surface area contributed by atoms with Crippen LogP contribution in [0.4, 0.5) is 11.4 Å². The zero-order valence-electron chi connectivity index (χ0n) is 14.7.